The predicted octanol–water partition coefficient (Wildman–Crippen LogP) is 1.46. The number of aliphatic carboxylic acids is 1. The van der Waals surface area contributed by atoms with Crippen LogP contribution in [0.4, 0.5) is 4.79 Å². The Kier molecular flexibility index (Phi) is 3.93. The molecule has 2 rings (SSSR count). The molecule has 0 aliphatic carbocycles. The van der Waals surface area contributed by atoms with Crippen molar-refractivity contribution in [3.8, 4) is 0 Å². The molecule has 2 unspecified atom stereocenters. The number of rotatable bonds is 2. The molecule has 1 amide bonds. The number of nitrogens with zero attached hydrogens (tertiary/aromatic N) is 3. The number of carbonyl (C=O) groups excluding carboxylic acids is 1. The zero-order valence-corrected chi connectivity index (χ0v) is 12.7. The number of aryl methyl sites for hydroxylation is 1. The minimum Gasteiger partial charge on any atom is -0.481 e. The molecule has 2 heterocycles. The second kappa shape index (κ2) is 5.38. The van der Waals surface area contributed by atoms with Crippen molar-refractivity contribution in [1.29, 1.82) is 0 Å². The van der Waals surface area contributed by atoms with Gasteiger partial charge >= 0.3 is 12.1 Å². The number of carboxylic acid groups (broad SMARTS) is 1. The number of carboxylic acids is 1. The van der Waals surface area contributed by atoms with Gasteiger partial charge in [0.05, 0.1) is 17.9 Å². The zero-order chi connectivity index (χ0) is 15.8. The van der Waals surface area contributed by atoms with E-state index < -0.39 is 23.6 Å². The highest BCUT2D eigenvalue weighted by molar-refractivity contribution is 5.75. The normalized spacial score (nSPS) is 22.4. The van der Waals surface area contributed by atoms with Gasteiger partial charge in [-0.3, -0.25) is 4.79 Å². The van der Waals surface area contributed by atoms with Gasteiger partial charge in [0.1, 0.15) is 5.60 Å². The van der Waals surface area contributed by atoms with Gasteiger partial charge < -0.3 is 19.3 Å². The van der Waals surface area contributed by atoms with Gasteiger partial charge in [0.25, 0.3) is 0 Å². The SMILES string of the molecule is Cn1cnc(C2CN(C(=O)OC(C)(C)C)CC2C(=O)O)c1. The topological polar surface area (TPSA) is 84.7 Å². The lowest BCUT2D eigenvalue weighted by Gasteiger charge is -2.24. The molecule has 0 saturated carbocycles. The number of likely N-dealkylation sites (tertiary alicyclic amines) is 1. The Morgan fingerprint density at radius 3 is 2.52 bits per heavy atom. The first kappa shape index (κ1) is 15.3. The second-order valence-corrected chi connectivity index (χ2v) is 6.40. The first-order chi connectivity index (χ1) is 9.67. The summed E-state index contributed by atoms with van der Waals surface area (Å²) in [6.07, 6.45) is 2.94. The Morgan fingerprint density at radius 1 is 1.38 bits per heavy atom. The van der Waals surface area contributed by atoms with E-state index in [0.29, 0.717) is 12.2 Å². The van der Waals surface area contributed by atoms with Crippen LogP contribution >= 0.6 is 0 Å². The van der Waals surface area contributed by atoms with Gasteiger partial charge in [0.15, 0.2) is 0 Å². The van der Waals surface area contributed by atoms with E-state index in [1.165, 1.54) is 4.90 Å². The van der Waals surface area contributed by atoms with Gasteiger partial charge in [0, 0.05) is 32.3 Å². The Balaban J connectivity index is 2.15. The first-order valence-corrected chi connectivity index (χ1v) is 6.86. The summed E-state index contributed by atoms with van der Waals surface area (Å²) in [6.45, 7) is 5.80. The summed E-state index contributed by atoms with van der Waals surface area (Å²) in [5, 5.41) is 9.37. The summed E-state index contributed by atoms with van der Waals surface area (Å²) in [6, 6.07) is 0. The molecule has 1 saturated heterocycles. The summed E-state index contributed by atoms with van der Waals surface area (Å²) >= 11 is 0. The second-order valence-electron chi connectivity index (χ2n) is 6.40. The Hall–Kier alpha value is -2.05. The number of amides is 1. The summed E-state index contributed by atoms with van der Waals surface area (Å²) in [4.78, 5) is 29.2. The highest BCUT2D eigenvalue weighted by Gasteiger charge is 2.42. The fourth-order valence-electron chi connectivity index (χ4n) is 2.45. The molecule has 0 radical (unpaired) electrons. The summed E-state index contributed by atoms with van der Waals surface area (Å²) < 4.78 is 7.08. The van der Waals surface area contributed by atoms with Gasteiger partial charge in [-0.2, -0.15) is 0 Å². The van der Waals surface area contributed by atoms with Crippen LogP contribution in [-0.4, -0.2) is 50.3 Å². The summed E-state index contributed by atoms with van der Waals surface area (Å²) in [7, 11) is 1.83. The maximum absolute atomic E-state index is 12.1. The lowest BCUT2D eigenvalue weighted by atomic mass is 9.94. The standard InChI is InChI=1S/C14H21N3O4/c1-14(2,3)21-13(20)17-5-9(10(6-17)12(18)19)11-7-16(4)8-15-11/h7-10H,5-6H2,1-4H3,(H,18,19). The zero-order valence-electron chi connectivity index (χ0n) is 12.7. The molecule has 0 spiro atoms. The number of carbonyl (C=O) groups is 2. The molecular weight excluding hydrogens is 274 g/mol. The van der Waals surface area contributed by atoms with Crippen LogP contribution in [0.25, 0.3) is 0 Å². The smallest absolute Gasteiger partial charge is 0.410 e. The number of hydrogen-bond acceptors (Lipinski definition) is 4. The van der Waals surface area contributed by atoms with Crippen molar-refractivity contribution < 1.29 is 19.4 Å². The van der Waals surface area contributed by atoms with Gasteiger partial charge in [-0.15, -0.1) is 0 Å². The Morgan fingerprint density at radius 2 is 2.05 bits per heavy atom. The molecule has 1 aliphatic heterocycles. The van der Waals surface area contributed by atoms with Gasteiger partial charge in [0.2, 0.25) is 0 Å². The van der Waals surface area contributed by atoms with Crippen molar-refractivity contribution in [2.75, 3.05) is 13.1 Å². The van der Waals surface area contributed by atoms with E-state index in [0.717, 1.165) is 0 Å². The predicted molar refractivity (Wildman–Crippen MR) is 74.9 cm³/mol. The largest absolute Gasteiger partial charge is 0.481 e. The van der Waals surface area contributed by atoms with Crippen LogP contribution in [0.2, 0.25) is 0 Å². The molecule has 1 fully saturated rings. The highest BCUT2D eigenvalue weighted by atomic mass is 16.6. The molecule has 0 bridgehead atoms. The lowest BCUT2D eigenvalue weighted by Crippen LogP contribution is -2.35. The van der Waals surface area contributed by atoms with Crippen molar-refractivity contribution in [2.45, 2.75) is 32.3 Å². The van der Waals surface area contributed by atoms with E-state index in [1.54, 1.807) is 37.9 Å². The van der Waals surface area contributed by atoms with Gasteiger partial charge in [-0.25, -0.2) is 9.78 Å². The average Bonchev–Trinajstić information content (AvgIpc) is 2.91. The Labute approximate surface area is 123 Å². The van der Waals surface area contributed by atoms with Crippen LogP contribution in [0.15, 0.2) is 12.5 Å². The average molecular weight is 295 g/mol. The molecule has 21 heavy (non-hydrogen) atoms. The third-order valence-electron chi connectivity index (χ3n) is 3.39. The van der Waals surface area contributed by atoms with Crippen molar-refractivity contribution in [3.63, 3.8) is 0 Å². The molecular formula is C14H21N3O4. The van der Waals surface area contributed by atoms with Crippen LogP contribution in [0.5, 0.6) is 0 Å². The van der Waals surface area contributed by atoms with E-state index in [9.17, 15) is 14.7 Å². The summed E-state index contributed by atoms with van der Waals surface area (Å²) in [5.74, 6) is -1.89. The van der Waals surface area contributed by atoms with Crippen LogP contribution in [-0.2, 0) is 16.6 Å². The van der Waals surface area contributed by atoms with Gasteiger partial charge in [-0.1, -0.05) is 0 Å². The molecule has 7 nitrogen and oxygen atoms in total. The van der Waals surface area contributed by atoms with E-state index in [-0.39, 0.29) is 12.5 Å². The van der Waals surface area contributed by atoms with Crippen LogP contribution in [0, 0.1) is 5.92 Å². The monoisotopic (exact) mass is 295 g/mol. The van der Waals surface area contributed by atoms with Gasteiger partial charge in [-0.05, 0) is 20.8 Å². The molecule has 116 valence electrons. The minimum absolute atomic E-state index is 0.144. The minimum atomic E-state index is -0.920. The number of hydrogen-bond donors (Lipinski definition) is 1. The van der Waals surface area contributed by atoms with E-state index in [1.807, 2.05) is 7.05 Å². The number of ether oxygens (including phenoxy) is 1. The third-order valence-corrected chi connectivity index (χ3v) is 3.39. The molecule has 1 aliphatic rings. The molecule has 1 aromatic heterocycles. The molecule has 7 heteroatoms. The van der Waals surface area contributed by atoms with Crippen molar-refractivity contribution in [3.05, 3.63) is 18.2 Å². The third kappa shape index (κ3) is 3.53. The van der Waals surface area contributed by atoms with E-state index >= 15 is 0 Å². The maximum Gasteiger partial charge on any atom is 0.410 e. The van der Waals surface area contributed by atoms with E-state index in [2.05, 4.69) is 4.98 Å². The molecule has 0 aromatic carbocycles. The maximum atomic E-state index is 12.1. The van der Waals surface area contributed by atoms with E-state index in [4.69, 9.17) is 4.74 Å². The van der Waals surface area contributed by atoms with Crippen LogP contribution in [0.1, 0.15) is 32.4 Å². The Bertz CT molecular complexity index is 547. The molecule has 2 atom stereocenters. The fourth-order valence-corrected chi connectivity index (χ4v) is 2.45. The summed E-state index contributed by atoms with van der Waals surface area (Å²) in [5.41, 5.74) is 0.0924. The number of aromatic nitrogens is 2. The molecule has 1 aromatic rings. The highest BCUT2D eigenvalue weighted by Crippen LogP contribution is 2.32. The number of imidazole rings is 1. The van der Waals surface area contributed by atoms with Crippen LogP contribution < -0.4 is 0 Å². The lowest BCUT2D eigenvalue weighted by molar-refractivity contribution is -0.141. The quantitative estimate of drug-likeness (QED) is 0.892. The van der Waals surface area contributed by atoms with Crippen molar-refractivity contribution >= 4 is 12.1 Å². The van der Waals surface area contributed by atoms with Crippen molar-refractivity contribution in [2.24, 2.45) is 13.0 Å². The van der Waals surface area contributed by atoms with Crippen LogP contribution in [0.3, 0.4) is 0 Å². The van der Waals surface area contributed by atoms with Crippen molar-refractivity contribution in [1.82, 2.24) is 14.5 Å². The molecule has 1 N–H and O–H groups in total. The first-order valence-electron chi connectivity index (χ1n) is 6.86. The fraction of sp³-hybridized carbons (Fsp3) is 0.643.